The summed E-state index contributed by atoms with van der Waals surface area (Å²) in [6, 6.07) is 26.2. The van der Waals surface area contributed by atoms with E-state index < -0.39 is 0 Å². The molecule has 0 nitrogen and oxygen atoms in total. The Morgan fingerprint density at radius 1 is 0.417 bits per heavy atom. The van der Waals surface area contributed by atoms with Crippen LogP contribution in [0.25, 0.3) is 0 Å². The Bertz CT molecular complexity index is 740. The summed E-state index contributed by atoms with van der Waals surface area (Å²) in [5.41, 5.74) is 8.36. The van der Waals surface area contributed by atoms with Gasteiger partial charge in [-0.15, -0.1) is 0 Å². The molecule has 0 bridgehead atoms. The van der Waals surface area contributed by atoms with Crippen molar-refractivity contribution in [3.63, 3.8) is 0 Å². The van der Waals surface area contributed by atoms with E-state index in [0.29, 0.717) is 0 Å². The molecule has 3 rings (SSSR count). The second-order valence-electron chi connectivity index (χ2n) is 5.93. The summed E-state index contributed by atoms with van der Waals surface area (Å²) in [5.74, 6) is 0. The zero-order valence-electron chi connectivity index (χ0n) is 13.5. The van der Waals surface area contributed by atoms with Crippen LogP contribution in [0.5, 0.6) is 0 Å². The van der Waals surface area contributed by atoms with Crippen molar-refractivity contribution in [1.29, 1.82) is 0 Å². The molecule has 0 aliphatic heterocycles. The molecule has 0 fully saturated rings. The van der Waals surface area contributed by atoms with Crippen LogP contribution in [0.3, 0.4) is 0 Å². The first-order chi connectivity index (χ1) is 11.8. The van der Waals surface area contributed by atoms with Crippen LogP contribution in [0.4, 0.5) is 0 Å². The molecular formula is C22H20Br2. The summed E-state index contributed by atoms with van der Waals surface area (Å²) in [6.07, 6.45) is 1.96. The van der Waals surface area contributed by atoms with Gasteiger partial charge in [-0.2, -0.15) is 0 Å². The fraction of sp³-hybridized carbons (Fsp3) is 0.182. The summed E-state index contributed by atoms with van der Waals surface area (Å²) in [4.78, 5) is 0. The number of hydrogen-bond donors (Lipinski definition) is 0. The predicted molar refractivity (Wildman–Crippen MR) is 110 cm³/mol. The molecule has 0 unspecified atom stereocenters. The van der Waals surface area contributed by atoms with Crippen molar-refractivity contribution in [3.8, 4) is 0 Å². The maximum Gasteiger partial charge on any atom is 0.0285 e. The van der Waals surface area contributed by atoms with Gasteiger partial charge in [-0.1, -0.05) is 105 Å². The van der Waals surface area contributed by atoms with Gasteiger partial charge in [-0.25, -0.2) is 0 Å². The zero-order chi connectivity index (χ0) is 16.8. The van der Waals surface area contributed by atoms with Crippen molar-refractivity contribution in [2.45, 2.75) is 23.5 Å². The molecule has 0 saturated carbocycles. The number of halogens is 2. The highest BCUT2D eigenvalue weighted by Gasteiger charge is 2.08. The molecule has 24 heavy (non-hydrogen) atoms. The SMILES string of the molecule is BrCc1ccccc1Cc1ccccc1Cc1ccccc1CBr. The lowest BCUT2D eigenvalue weighted by Gasteiger charge is -2.13. The monoisotopic (exact) mass is 442 g/mol. The van der Waals surface area contributed by atoms with Crippen LogP contribution in [-0.2, 0) is 23.5 Å². The van der Waals surface area contributed by atoms with Crippen LogP contribution in [0.2, 0.25) is 0 Å². The van der Waals surface area contributed by atoms with E-state index in [0.717, 1.165) is 23.5 Å². The average Bonchev–Trinajstić information content (AvgIpc) is 2.64. The van der Waals surface area contributed by atoms with Crippen molar-refractivity contribution in [1.82, 2.24) is 0 Å². The van der Waals surface area contributed by atoms with Crippen molar-refractivity contribution >= 4 is 31.9 Å². The fourth-order valence-corrected chi connectivity index (χ4v) is 4.13. The molecule has 0 spiro atoms. The smallest absolute Gasteiger partial charge is 0.0285 e. The molecule has 0 amide bonds. The molecule has 0 aromatic heterocycles. The number of benzene rings is 3. The zero-order valence-corrected chi connectivity index (χ0v) is 16.7. The van der Waals surface area contributed by atoms with Crippen molar-refractivity contribution in [3.05, 3.63) is 106 Å². The highest BCUT2D eigenvalue weighted by Crippen LogP contribution is 2.23. The van der Waals surface area contributed by atoms with Gasteiger partial charge in [0.05, 0.1) is 0 Å². The van der Waals surface area contributed by atoms with Crippen LogP contribution < -0.4 is 0 Å². The van der Waals surface area contributed by atoms with Gasteiger partial charge >= 0.3 is 0 Å². The van der Waals surface area contributed by atoms with Crippen LogP contribution in [0.1, 0.15) is 33.4 Å². The molecule has 0 aliphatic carbocycles. The minimum atomic E-state index is 0.901. The van der Waals surface area contributed by atoms with Crippen molar-refractivity contribution in [2.24, 2.45) is 0 Å². The standard InChI is InChI=1S/C22H20Br2/c23-15-21-11-5-3-9-19(21)13-17-7-1-2-8-18(17)14-20-10-4-6-12-22(20)16-24/h1-12H,13-16H2. The van der Waals surface area contributed by atoms with Gasteiger partial charge in [0.25, 0.3) is 0 Å². The Morgan fingerprint density at radius 2 is 0.667 bits per heavy atom. The molecule has 0 atom stereocenters. The molecule has 3 aromatic carbocycles. The average molecular weight is 444 g/mol. The fourth-order valence-electron chi connectivity index (χ4n) is 3.03. The molecule has 0 N–H and O–H groups in total. The van der Waals surface area contributed by atoms with Gasteiger partial charge in [0.1, 0.15) is 0 Å². The van der Waals surface area contributed by atoms with E-state index in [9.17, 15) is 0 Å². The normalized spacial score (nSPS) is 10.8. The lowest BCUT2D eigenvalue weighted by Crippen LogP contribution is -2.00. The molecule has 0 radical (unpaired) electrons. The summed E-state index contributed by atoms with van der Waals surface area (Å²) in [6.45, 7) is 0. The largest absolute Gasteiger partial charge is 0.0876 e. The number of alkyl halides is 2. The van der Waals surface area contributed by atoms with Gasteiger partial charge in [-0.3, -0.25) is 0 Å². The summed E-state index contributed by atoms with van der Waals surface area (Å²) < 4.78 is 0. The summed E-state index contributed by atoms with van der Waals surface area (Å²) >= 11 is 7.22. The topological polar surface area (TPSA) is 0 Å². The third-order valence-corrected chi connectivity index (χ3v) is 5.61. The highest BCUT2D eigenvalue weighted by molar-refractivity contribution is 9.08. The Balaban J connectivity index is 1.91. The Kier molecular flexibility index (Phi) is 6.28. The summed E-state index contributed by atoms with van der Waals surface area (Å²) in [5, 5.41) is 1.80. The second kappa shape index (κ2) is 8.64. The van der Waals surface area contributed by atoms with Gasteiger partial charge in [0.15, 0.2) is 0 Å². The lowest BCUT2D eigenvalue weighted by molar-refractivity contribution is 1.06. The predicted octanol–water partition coefficient (Wildman–Crippen LogP) is 6.66. The second-order valence-corrected chi connectivity index (χ2v) is 7.05. The first-order valence-electron chi connectivity index (χ1n) is 8.14. The van der Waals surface area contributed by atoms with Crippen molar-refractivity contribution in [2.75, 3.05) is 0 Å². The van der Waals surface area contributed by atoms with Crippen LogP contribution >= 0.6 is 31.9 Å². The Hall–Kier alpha value is -1.38. The minimum absolute atomic E-state index is 0.901. The van der Waals surface area contributed by atoms with E-state index in [1.807, 2.05) is 0 Å². The van der Waals surface area contributed by atoms with Crippen LogP contribution in [0.15, 0.2) is 72.8 Å². The Labute approximate surface area is 161 Å². The molecule has 122 valence electrons. The first kappa shape index (κ1) is 17.4. The van der Waals surface area contributed by atoms with Crippen molar-refractivity contribution < 1.29 is 0 Å². The minimum Gasteiger partial charge on any atom is -0.0876 e. The van der Waals surface area contributed by atoms with Gasteiger partial charge < -0.3 is 0 Å². The highest BCUT2D eigenvalue weighted by atomic mass is 79.9. The first-order valence-corrected chi connectivity index (χ1v) is 10.4. The summed E-state index contributed by atoms with van der Waals surface area (Å²) in [7, 11) is 0. The van der Waals surface area contributed by atoms with E-state index in [1.54, 1.807) is 0 Å². The maximum absolute atomic E-state index is 3.61. The van der Waals surface area contributed by atoms with Crippen LogP contribution in [-0.4, -0.2) is 0 Å². The molecule has 0 saturated heterocycles. The molecular weight excluding hydrogens is 424 g/mol. The number of rotatable bonds is 6. The van der Waals surface area contributed by atoms with Gasteiger partial charge in [0.2, 0.25) is 0 Å². The molecule has 3 aromatic rings. The third-order valence-electron chi connectivity index (χ3n) is 4.40. The van der Waals surface area contributed by atoms with Crippen LogP contribution in [0, 0.1) is 0 Å². The quantitative estimate of drug-likeness (QED) is 0.373. The lowest BCUT2D eigenvalue weighted by atomic mass is 9.92. The maximum atomic E-state index is 3.61. The number of hydrogen-bond acceptors (Lipinski definition) is 0. The van der Waals surface area contributed by atoms with E-state index in [2.05, 4.69) is 105 Å². The van der Waals surface area contributed by atoms with E-state index in [-0.39, 0.29) is 0 Å². The van der Waals surface area contributed by atoms with E-state index in [1.165, 1.54) is 33.4 Å². The molecule has 2 heteroatoms. The van der Waals surface area contributed by atoms with E-state index in [4.69, 9.17) is 0 Å². The molecule has 0 aliphatic rings. The van der Waals surface area contributed by atoms with E-state index >= 15 is 0 Å². The Morgan fingerprint density at radius 3 is 0.958 bits per heavy atom. The van der Waals surface area contributed by atoms with Gasteiger partial charge in [0, 0.05) is 10.7 Å². The van der Waals surface area contributed by atoms with Gasteiger partial charge in [-0.05, 0) is 46.2 Å². The molecule has 0 heterocycles. The third kappa shape index (κ3) is 4.17.